The van der Waals surface area contributed by atoms with E-state index in [9.17, 15) is 0 Å². The summed E-state index contributed by atoms with van der Waals surface area (Å²) < 4.78 is 7.34. The lowest BCUT2D eigenvalue weighted by molar-refractivity contribution is -0.562. The lowest BCUT2D eigenvalue weighted by Gasteiger charge is -2.08. The number of nitrogens with one attached hydrogen (secondary N) is 1. The minimum atomic E-state index is 0. The van der Waals surface area contributed by atoms with Gasteiger partial charge in [0.1, 0.15) is 12.2 Å². The second kappa shape index (κ2) is 4.90. The van der Waals surface area contributed by atoms with Gasteiger partial charge in [-0.1, -0.05) is 18.2 Å². The summed E-state index contributed by atoms with van der Waals surface area (Å²) in [6.07, 6.45) is 3.24. The van der Waals surface area contributed by atoms with Gasteiger partial charge in [0, 0.05) is 24.4 Å². The van der Waals surface area contributed by atoms with E-state index in [4.69, 9.17) is 4.74 Å². The number of aromatic amines is 1. The lowest BCUT2D eigenvalue weighted by atomic mass is 10.1. The van der Waals surface area contributed by atoms with Crippen molar-refractivity contribution in [2.24, 2.45) is 0 Å². The Hall–Kier alpha value is -1.32. The van der Waals surface area contributed by atoms with E-state index < -0.39 is 0 Å². The van der Waals surface area contributed by atoms with Crippen LogP contribution in [0.1, 0.15) is 11.3 Å². The first-order valence-corrected chi connectivity index (χ1v) is 5.56. The van der Waals surface area contributed by atoms with Gasteiger partial charge < -0.3 is 22.1 Å². The number of H-pyrrole nitrogens is 1. The van der Waals surface area contributed by atoms with E-state index in [0.717, 1.165) is 13.0 Å². The minimum absolute atomic E-state index is 0. The number of methoxy groups -OCH3 is 1. The van der Waals surface area contributed by atoms with Crippen molar-refractivity contribution in [2.45, 2.75) is 6.42 Å². The molecule has 2 heterocycles. The summed E-state index contributed by atoms with van der Waals surface area (Å²) in [7, 11) is 1.73. The summed E-state index contributed by atoms with van der Waals surface area (Å²) in [5.41, 5.74) is 3.88. The van der Waals surface area contributed by atoms with Crippen LogP contribution in [-0.4, -0.2) is 36.2 Å². The zero-order valence-corrected chi connectivity index (χ0v) is 10.5. The molecule has 3 rings (SSSR count). The molecule has 0 aliphatic carbocycles. The zero-order valence-electron chi connectivity index (χ0n) is 9.74. The highest BCUT2D eigenvalue weighted by atomic mass is 35.5. The predicted molar refractivity (Wildman–Crippen MR) is 64.2 cm³/mol. The van der Waals surface area contributed by atoms with Gasteiger partial charge in [-0.25, -0.2) is 4.58 Å². The third kappa shape index (κ3) is 2.08. The normalized spacial score (nSPS) is 14.1. The monoisotopic (exact) mass is 250 g/mol. The highest BCUT2D eigenvalue weighted by molar-refractivity contribution is 5.92. The fraction of sp³-hybridized carbons (Fsp3) is 0.308. The van der Waals surface area contributed by atoms with Crippen molar-refractivity contribution >= 4 is 17.1 Å². The molecule has 0 radical (unpaired) electrons. The van der Waals surface area contributed by atoms with Gasteiger partial charge in [-0.3, -0.25) is 0 Å². The Labute approximate surface area is 107 Å². The van der Waals surface area contributed by atoms with E-state index in [1.54, 1.807) is 7.11 Å². The maximum absolute atomic E-state index is 5.15. The van der Waals surface area contributed by atoms with Crippen molar-refractivity contribution in [1.29, 1.82) is 0 Å². The molecule has 0 saturated heterocycles. The van der Waals surface area contributed by atoms with Crippen LogP contribution >= 0.6 is 0 Å². The molecule has 1 aromatic heterocycles. The molecule has 90 valence electrons. The number of ether oxygens (including phenoxy) is 1. The van der Waals surface area contributed by atoms with Crippen molar-refractivity contribution in [3.8, 4) is 0 Å². The Kier molecular flexibility index (Phi) is 3.50. The summed E-state index contributed by atoms with van der Waals surface area (Å²) in [6.45, 7) is 1.69. The van der Waals surface area contributed by atoms with E-state index in [0.29, 0.717) is 6.73 Å². The smallest absolute Gasteiger partial charge is 0.247 e. The fourth-order valence-electron chi connectivity index (χ4n) is 2.37. The molecule has 0 fully saturated rings. The summed E-state index contributed by atoms with van der Waals surface area (Å²) >= 11 is 0. The largest absolute Gasteiger partial charge is 1.00 e. The fourth-order valence-corrected chi connectivity index (χ4v) is 2.37. The van der Waals surface area contributed by atoms with Gasteiger partial charge in [0.2, 0.25) is 6.73 Å². The van der Waals surface area contributed by atoms with E-state index >= 15 is 0 Å². The molecule has 1 N–H and O–H groups in total. The van der Waals surface area contributed by atoms with Crippen LogP contribution in [0.25, 0.3) is 10.9 Å². The molecular weight excluding hydrogens is 236 g/mol. The number of aromatic nitrogens is 1. The number of para-hydroxylation sites is 1. The van der Waals surface area contributed by atoms with Crippen LogP contribution < -0.4 is 12.4 Å². The lowest BCUT2D eigenvalue weighted by Crippen LogP contribution is -3.00. The summed E-state index contributed by atoms with van der Waals surface area (Å²) in [5, 5.41) is 1.35. The van der Waals surface area contributed by atoms with Crippen molar-refractivity contribution < 1.29 is 21.7 Å². The van der Waals surface area contributed by atoms with Gasteiger partial charge in [0.25, 0.3) is 0 Å². The number of fused-ring (bicyclic) bond motifs is 3. The predicted octanol–water partition coefficient (Wildman–Crippen LogP) is -1.24. The first-order chi connectivity index (χ1) is 7.88. The first-order valence-electron chi connectivity index (χ1n) is 5.56. The van der Waals surface area contributed by atoms with Crippen LogP contribution in [0.15, 0.2) is 24.3 Å². The van der Waals surface area contributed by atoms with E-state index in [-0.39, 0.29) is 12.4 Å². The van der Waals surface area contributed by atoms with Crippen molar-refractivity contribution in [2.75, 3.05) is 20.4 Å². The molecule has 1 aliphatic heterocycles. The van der Waals surface area contributed by atoms with E-state index in [1.807, 2.05) is 0 Å². The van der Waals surface area contributed by atoms with E-state index in [2.05, 4.69) is 40.0 Å². The van der Waals surface area contributed by atoms with Gasteiger partial charge in [-0.2, -0.15) is 0 Å². The molecule has 0 unspecified atom stereocenters. The summed E-state index contributed by atoms with van der Waals surface area (Å²) in [4.78, 5) is 3.45. The van der Waals surface area contributed by atoms with Crippen LogP contribution in [-0.2, 0) is 11.2 Å². The Morgan fingerprint density at radius 1 is 1.35 bits per heavy atom. The second-order valence-corrected chi connectivity index (χ2v) is 4.17. The van der Waals surface area contributed by atoms with Gasteiger partial charge in [-0.15, -0.1) is 0 Å². The molecule has 0 spiro atoms. The Bertz CT molecular complexity index is 560. The number of rotatable bonds is 2. The zero-order chi connectivity index (χ0) is 11.0. The third-order valence-corrected chi connectivity index (χ3v) is 3.10. The molecule has 1 aromatic carbocycles. The molecule has 0 saturated carbocycles. The van der Waals surface area contributed by atoms with Crippen molar-refractivity contribution in [3.05, 3.63) is 35.5 Å². The van der Waals surface area contributed by atoms with Crippen molar-refractivity contribution in [1.82, 2.24) is 4.98 Å². The molecule has 0 atom stereocenters. The Morgan fingerprint density at radius 3 is 3.00 bits per heavy atom. The molecule has 2 aromatic rings. The van der Waals surface area contributed by atoms with Crippen LogP contribution in [0, 0.1) is 0 Å². The quantitative estimate of drug-likeness (QED) is 0.664. The van der Waals surface area contributed by atoms with Crippen LogP contribution in [0.2, 0.25) is 0 Å². The molecular formula is C13H15ClN2O. The number of hydrogen-bond donors (Lipinski definition) is 1. The summed E-state index contributed by atoms with van der Waals surface area (Å²) in [6, 6.07) is 8.47. The molecule has 17 heavy (non-hydrogen) atoms. The SMILES string of the molecule is COC[N+]1=Cc2[nH]c3ccccc3c2CC1.[Cl-]. The van der Waals surface area contributed by atoms with Gasteiger partial charge >= 0.3 is 0 Å². The number of halogens is 1. The first kappa shape index (κ1) is 12.1. The molecule has 0 bridgehead atoms. The minimum Gasteiger partial charge on any atom is -1.00 e. The molecule has 1 aliphatic rings. The van der Waals surface area contributed by atoms with Gasteiger partial charge in [-0.05, 0) is 11.6 Å². The van der Waals surface area contributed by atoms with Crippen LogP contribution in [0.3, 0.4) is 0 Å². The Balaban J connectivity index is 0.00000108. The highest BCUT2D eigenvalue weighted by Gasteiger charge is 2.19. The van der Waals surface area contributed by atoms with Crippen LogP contribution in [0.5, 0.6) is 0 Å². The third-order valence-electron chi connectivity index (χ3n) is 3.10. The number of nitrogens with zero attached hydrogens (tertiary/aromatic N) is 1. The van der Waals surface area contributed by atoms with Gasteiger partial charge in [0.05, 0.1) is 0 Å². The number of benzene rings is 1. The highest BCUT2D eigenvalue weighted by Crippen LogP contribution is 2.23. The second-order valence-electron chi connectivity index (χ2n) is 4.17. The maximum Gasteiger partial charge on any atom is 0.247 e. The van der Waals surface area contributed by atoms with E-state index in [1.165, 1.54) is 22.2 Å². The maximum atomic E-state index is 5.15. The van der Waals surface area contributed by atoms with Gasteiger partial charge in [0.15, 0.2) is 6.21 Å². The molecule has 4 heteroatoms. The average Bonchev–Trinajstić information content (AvgIpc) is 2.67. The standard InChI is InChI=1S/C13H14N2O.ClH/c1-16-9-15-7-6-11-10-4-2-3-5-12(10)14-13(11)8-15;/h2-5,8H,6-7,9H2,1H3;1H. The topological polar surface area (TPSA) is 28.0 Å². The van der Waals surface area contributed by atoms with Crippen molar-refractivity contribution in [3.63, 3.8) is 0 Å². The van der Waals surface area contributed by atoms with Crippen LogP contribution in [0.4, 0.5) is 0 Å². The number of hydrogen-bond acceptors (Lipinski definition) is 1. The summed E-state index contributed by atoms with van der Waals surface area (Å²) in [5.74, 6) is 0. The Morgan fingerprint density at radius 2 is 2.18 bits per heavy atom. The molecule has 0 amide bonds. The average molecular weight is 251 g/mol. The molecule has 3 nitrogen and oxygen atoms in total.